The molecule has 3 aliphatic rings. The number of para-hydroxylation sites is 1. The van der Waals surface area contributed by atoms with E-state index in [2.05, 4.69) is 10.6 Å². The van der Waals surface area contributed by atoms with Crippen LogP contribution in [0.3, 0.4) is 0 Å². The molecule has 7 nitrogen and oxygen atoms in total. The highest BCUT2D eigenvalue weighted by molar-refractivity contribution is 6.09. The van der Waals surface area contributed by atoms with Gasteiger partial charge in [0.25, 0.3) is 5.91 Å². The molecule has 4 amide bonds. The van der Waals surface area contributed by atoms with E-state index in [1.807, 2.05) is 24.3 Å². The summed E-state index contributed by atoms with van der Waals surface area (Å²) in [6, 6.07) is 6.90. The maximum Gasteiger partial charge on any atom is 0.325 e. The molecule has 2 atom stereocenters. The molecule has 25 heavy (non-hydrogen) atoms. The van der Waals surface area contributed by atoms with E-state index < -0.39 is 11.6 Å². The topological polar surface area (TPSA) is 87.7 Å². The molecule has 7 heteroatoms. The Bertz CT molecular complexity index is 746. The number of nitrogens with one attached hydrogen (secondary N) is 2. The van der Waals surface area contributed by atoms with E-state index in [-0.39, 0.29) is 30.3 Å². The van der Waals surface area contributed by atoms with E-state index >= 15 is 0 Å². The summed E-state index contributed by atoms with van der Waals surface area (Å²) < 4.78 is 5.58. The minimum Gasteiger partial charge on any atom is -0.493 e. The summed E-state index contributed by atoms with van der Waals surface area (Å²) in [4.78, 5) is 38.2. The van der Waals surface area contributed by atoms with Crippen molar-refractivity contribution in [3.05, 3.63) is 29.8 Å². The molecule has 1 saturated heterocycles. The smallest absolute Gasteiger partial charge is 0.325 e. The quantitative estimate of drug-likeness (QED) is 0.808. The number of carbonyl (C=O) groups excluding carboxylic acids is 3. The lowest BCUT2D eigenvalue weighted by atomic mass is 9.96. The first-order valence-corrected chi connectivity index (χ1v) is 8.64. The Morgan fingerprint density at radius 3 is 2.84 bits per heavy atom. The van der Waals surface area contributed by atoms with E-state index in [9.17, 15) is 14.4 Å². The van der Waals surface area contributed by atoms with Gasteiger partial charge in [-0.1, -0.05) is 18.2 Å². The first-order chi connectivity index (χ1) is 12.0. The largest absolute Gasteiger partial charge is 0.493 e. The summed E-state index contributed by atoms with van der Waals surface area (Å²) in [5, 5.41) is 5.68. The standard InChI is InChI=1S/C18H21N3O4/c1-18(11-6-7-11)16(23)21(17(24)20-18)10-15(22)19-13-8-9-25-14-5-3-2-4-12(13)14/h2-5,11,13H,6-10H2,1H3,(H,19,22)(H,20,24)/t13-,18-/m0/s1. The van der Waals surface area contributed by atoms with Crippen molar-refractivity contribution in [3.8, 4) is 5.75 Å². The number of ether oxygens (including phenoxy) is 1. The average molecular weight is 343 g/mol. The van der Waals surface area contributed by atoms with Crippen LogP contribution < -0.4 is 15.4 Å². The Morgan fingerprint density at radius 2 is 2.08 bits per heavy atom. The molecule has 1 aromatic rings. The van der Waals surface area contributed by atoms with Crippen LogP contribution in [-0.2, 0) is 9.59 Å². The number of hydrogen-bond donors (Lipinski definition) is 2. The number of hydrogen-bond acceptors (Lipinski definition) is 4. The second-order valence-corrected chi connectivity index (χ2v) is 7.09. The van der Waals surface area contributed by atoms with Gasteiger partial charge in [0, 0.05) is 12.0 Å². The third-order valence-corrected chi connectivity index (χ3v) is 5.29. The Balaban J connectivity index is 1.43. The molecule has 1 saturated carbocycles. The molecule has 2 aliphatic heterocycles. The summed E-state index contributed by atoms with van der Waals surface area (Å²) in [6.07, 6.45) is 2.52. The van der Waals surface area contributed by atoms with Gasteiger partial charge in [0.05, 0.1) is 12.6 Å². The van der Waals surface area contributed by atoms with Crippen LogP contribution >= 0.6 is 0 Å². The molecule has 2 heterocycles. The van der Waals surface area contributed by atoms with Crippen LogP contribution in [0.15, 0.2) is 24.3 Å². The zero-order chi connectivity index (χ0) is 17.6. The Labute approximate surface area is 145 Å². The van der Waals surface area contributed by atoms with Crippen LogP contribution in [-0.4, -0.2) is 41.4 Å². The monoisotopic (exact) mass is 343 g/mol. The van der Waals surface area contributed by atoms with E-state index in [0.29, 0.717) is 13.0 Å². The van der Waals surface area contributed by atoms with E-state index in [1.54, 1.807) is 6.92 Å². The number of imide groups is 1. The molecule has 2 N–H and O–H groups in total. The van der Waals surface area contributed by atoms with Crippen LogP contribution in [0, 0.1) is 5.92 Å². The maximum atomic E-state index is 12.6. The van der Waals surface area contributed by atoms with Crippen molar-refractivity contribution in [1.29, 1.82) is 0 Å². The number of urea groups is 1. The molecular weight excluding hydrogens is 322 g/mol. The molecule has 0 bridgehead atoms. The van der Waals surface area contributed by atoms with Gasteiger partial charge in [-0.2, -0.15) is 0 Å². The number of carbonyl (C=O) groups is 3. The van der Waals surface area contributed by atoms with E-state index in [4.69, 9.17) is 4.74 Å². The number of rotatable bonds is 4. The molecule has 0 aromatic heterocycles. The summed E-state index contributed by atoms with van der Waals surface area (Å²) in [7, 11) is 0. The second-order valence-electron chi connectivity index (χ2n) is 7.09. The van der Waals surface area contributed by atoms with Crippen LogP contribution in [0.4, 0.5) is 4.79 Å². The van der Waals surface area contributed by atoms with Gasteiger partial charge in [0.1, 0.15) is 17.8 Å². The van der Waals surface area contributed by atoms with Crippen molar-refractivity contribution in [1.82, 2.24) is 15.5 Å². The molecule has 1 aromatic carbocycles. The SMILES string of the molecule is C[C@@]1(C2CC2)NC(=O)N(CC(=O)N[C@H]2CCOc3ccccc32)C1=O. The summed E-state index contributed by atoms with van der Waals surface area (Å²) in [5.74, 6) is 0.294. The fourth-order valence-electron chi connectivity index (χ4n) is 3.67. The molecule has 2 fully saturated rings. The lowest BCUT2D eigenvalue weighted by molar-refractivity contribution is -0.135. The lowest BCUT2D eigenvalue weighted by Gasteiger charge is -2.27. The van der Waals surface area contributed by atoms with Crippen LogP contribution in [0.5, 0.6) is 5.75 Å². The third-order valence-electron chi connectivity index (χ3n) is 5.29. The van der Waals surface area contributed by atoms with Gasteiger partial charge in [-0.25, -0.2) is 4.79 Å². The second kappa shape index (κ2) is 5.75. The van der Waals surface area contributed by atoms with Crippen molar-refractivity contribution >= 4 is 17.8 Å². The number of nitrogens with zero attached hydrogens (tertiary/aromatic N) is 1. The van der Waals surface area contributed by atoms with Crippen LogP contribution in [0.1, 0.15) is 37.8 Å². The van der Waals surface area contributed by atoms with Gasteiger partial charge in [-0.15, -0.1) is 0 Å². The highest BCUT2D eigenvalue weighted by atomic mass is 16.5. The molecule has 132 valence electrons. The van der Waals surface area contributed by atoms with Crippen LogP contribution in [0.2, 0.25) is 0 Å². The van der Waals surface area contributed by atoms with Crippen molar-refractivity contribution in [2.45, 2.75) is 37.8 Å². The highest BCUT2D eigenvalue weighted by Crippen LogP contribution is 2.42. The van der Waals surface area contributed by atoms with Gasteiger partial charge in [0.2, 0.25) is 5.91 Å². The van der Waals surface area contributed by atoms with Crippen molar-refractivity contribution in [3.63, 3.8) is 0 Å². The predicted molar refractivity (Wildman–Crippen MR) is 88.8 cm³/mol. The minimum absolute atomic E-state index is 0.173. The van der Waals surface area contributed by atoms with Crippen LogP contribution in [0.25, 0.3) is 0 Å². The fourth-order valence-corrected chi connectivity index (χ4v) is 3.67. The predicted octanol–water partition coefficient (Wildman–Crippen LogP) is 1.35. The van der Waals surface area contributed by atoms with Gasteiger partial charge in [-0.05, 0) is 31.7 Å². The van der Waals surface area contributed by atoms with Gasteiger partial charge in [-0.3, -0.25) is 14.5 Å². The van der Waals surface area contributed by atoms with Gasteiger partial charge >= 0.3 is 6.03 Å². The zero-order valence-electron chi connectivity index (χ0n) is 14.1. The molecule has 0 unspecified atom stereocenters. The molecular formula is C18H21N3O4. The number of amides is 4. The summed E-state index contributed by atoms with van der Waals surface area (Å²) in [6.45, 7) is 2.01. The van der Waals surface area contributed by atoms with E-state index in [0.717, 1.165) is 29.1 Å². The first-order valence-electron chi connectivity index (χ1n) is 8.64. The molecule has 4 rings (SSSR count). The Hall–Kier alpha value is -2.57. The molecule has 0 spiro atoms. The van der Waals surface area contributed by atoms with Gasteiger partial charge < -0.3 is 15.4 Å². The minimum atomic E-state index is -0.858. The fraction of sp³-hybridized carbons (Fsp3) is 0.500. The van der Waals surface area contributed by atoms with Crippen molar-refractivity contribution in [2.75, 3.05) is 13.2 Å². The molecule has 0 radical (unpaired) electrons. The first kappa shape index (κ1) is 15.9. The Kier molecular flexibility index (Phi) is 3.67. The normalized spacial score (nSPS) is 28.2. The maximum absolute atomic E-state index is 12.6. The van der Waals surface area contributed by atoms with E-state index in [1.165, 1.54) is 0 Å². The number of benzene rings is 1. The third kappa shape index (κ3) is 2.73. The average Bonchev–Trinajstić information content (AvgIpc) is 3.42. The number of fused-ring (bicyclic) bond motifs is 1. The van der Waals surface area contributed by atoms with Crippen molar-refractivity contribution in [2.24, 2.45) is 5.92 Å². The lowest BCUT2D eigenvalue weighted by Crippen LogP contribution is -2.47. The summed E-state index contributed by atoms with van der Waals surface area (Å²) in [5.41, 5.74) is 0.0601. The zero-order valence-corrected chi connectivity index (χ0v) is 14.1. The highest BCUT2D eigenvalue weighted by Gasteiger charge is 2.56. The summed E-state index contributed by atoms with van der Waals surface area (Å²) >= 11 is 0. The Morgan fingerprint density at radius 1 is 1.32 bits per heavy atom. The van der Waals surface area contributed by atoms with Gasteiger partial charge in [0.15, 0.2) is 0 Å². The van der Waals surface area contributed by atoms with Crippen molar-refractivity contribution < 1.29 is 19.1 Å². The molecule has 1 aliphatic carbocycles.